The van der Waals surface area contributed by atoms with Crippen molar-refractivity contribution in [3.05, 3.63) is 53.8 Å². The molecule has 0 radical (unpaired) electrons. The van der Waals surface area contributed by atoms with Crippen LogP contribution in [0.3, 0.4) is 0 Å². The van der Waals surface area contributed by atoms with E-state index >= 15 is 0 Å². The molecule has 0 aromatic heterocycles. The van der Waals surface area contributed by atoms with Gasteiger partial charge in [-0.15, -0.1) is 0 Å². The minimum absolute atomic E-state index is 0.177. The number of fused-ring (bicyclic) bond motifs is 1. The van der Waals surface area contributed by atoms with Gasteiger partial charge in [0.15, 0.2) is 0 Å². The van der Waals surface area contributed by atoms with Gasteiger partial charge in [0.2, 0.25) is 0 Å². The fraction of sp³-hybridized carbons (Fsp3) is 0.250. The molecule has 0 atom stereocenters. The molecule has 3 heteroatoms. The largest absolute Gasteiger partial charge is 0.388 e. The van der Waals surface area contributed by atoms with Crippen LogP contribution in [-0.2, 0) is 6.42 Å². The maximum absolute atomic E-state index is 14.2. The first-order valence-electron chi connectivity index (χ1n) is 6.62. The zero-order valence-corrected chi connectivity index (χ0v) is 11.0. The van der Waals surface area contributed by atoms with E-state index in [1.807, 2.05) is 24.3 Å². The van der Waals surface area contributed by atoms with Crippen molar-refractivity contribution < 1.29 is 4.39 Å². The third-order valence-corrected chi connectivity index (χ3v) is 3.64. The molecular formula is C16H17FN2. The van der Waals surface area contributed by atoms with Crippen molar-refractivity contribution in [2.45, 2.75) is 12.8 Å². The molecule has 1 aliphatic rings. The first-order chi connectivity index (χ1) is 9.29. The summed E-state index contributed by atoms with van der Waals surface area (Å²) < 4.78 is 14.2. The van der Waals surface area contributed by atoms with Crippen LogP contribution in [0.15, 0.2) is 42.5 Å². The second-order valence-electron chi connectivity index (χ2n) is 4.80. The van der Waals surface area contributed by atoms with E-state index in [0.717, 1.165) is 30.8 Å². The first-order valence-corrected chi connectivity index (χ1v) is 6.62. The van der Waals surface area contributed by atoms with Gasteiger partial charge in [0.1, 0.15) is 5.82 Å². The highest BCUT2D eigenvalue weighted by molar-refractivity contribution is 5.69. The smallest absolute Gasteiger partial charge is 0.148 e. The van der Waals surface area contributed by atoms with Gasteiger partial charge < -0.3 is 10.2 Å². The van der Waals surface area contributed by atoms with Gasteiger partial charge in [0.05, 0.1) is 5.69 Å². The van der Waals surface area contributed by atoms with E-state index < -0.39 is 0 Å². The average Bonchev–Trinajstić information content (AvgIpc) is 2.46. The van der Waals surface area contributed by atoms with Crippen molar-refractivity contribution in [2.24, 2.45) is 0 Å². The monoisotopic (exact) mass is 256 g/mol. The molecule has 98 valence electrons. The number of hydrogen-bond donors (Lipinski definition) is 1. The summed E-state index contributed by atoms with van der Waals surface area (Å²) in [6.45, 7) is 0.868. The van der Waals surface area contributed by atoms with Gasteiger partial charge in [-0.3, -0.25) is 0 Å². The minimum Gasteiger partial charge on any atom is -0.388 e. The number of benzene rings is 2. The van der Waals surface area contributed by atoms with Crippen LogP contribution in [-0.4, -0.2) is 13.6 Å². The number of nitrogens with zero attached hydrogens (tertiary/aromatic N) is 1. The summed E-state index contributed by atoms with van der Waals surface area (Å²) in [5, 5.41) is 2.96. The molecule has 1 N–H and O–H groups in total. The summed E-state index contributed by atoms with van der Waals surface area (Å²) in [5.74, 6) is -0.177. The number of halogens is 1. The maximum atomic E-state index is 14.2. The Balaban J connectivity index is 2.04. The first kappa shape index (κ1) is 12.0. The lowest BCUT2D eigenvalue weighted by molar-refractivity contribution is 0.621. The van der Waals surface area contributed by atoms with E-state index in [1.165, 1.54) is 5.56 Å². The number of aryl methyl sites for hydroxylation is 1. The zero-order valence-electron chi connectivity index (χ0n) is 11.0. The van der Waals surface area contributed by atoms with Gasteiger partial charge in [0, 0.05) is 25.0 Å². The highest BCUT2D eigenvalue weighted by atomic mass is 19.1. The Morgan fingerprint density at radius 3 is 2.74 bits per heavy atom. The summed E-state index contributed by atoms with van der Waals surface area (Å²) in [6.07, 6.45) is 2.13. The molecule has 19 heavy (non-hydrogen) atoms. The van der Waals surface area contributed by atoms with Crippen LogP contribution in [0.2, 0.25) is 0 Å². The normalized spacial score (nSPS) is 14.1. The molecule has 1 aliphatic heterocycles. The quantitative estimate of drug-likeness (QED) is 0.875. The van der Waals surface area contributed by atoms with Crippen LogP contribution in [0.5, 0.6) is 0 Å². The van der Waals surface area contributed by atoms with Gasteiger partial charge >= 0.3 is 0 Å². The number of hydrogen-bond acceptors (Lipinski definition) is 2. The van der Waals surface area contributed by atoms with Gasteiger partial charge in [-0.05, 0) is 42.7 Å². The SMILES string of the molecule is CNc1ccc(N2CCCc3ccccc32)c(F)c1. The van der Waals surface area contributed by atoms with Gasteiger partial charge in [0.25, 0.3) is 0 Å². The molecule has 0 aliphatic carbocycles. The van der Waals surface area contributed by atoms with Crippen molar-refractivity contribution in [1.82, 2.24) is 0 Å². The fourth-order valence-electron chi connectivity index (χ4n) is 2.67. The molecule has 0 saturated carbocycles. The van der Waals surface area contributed by atoms with Crippen molar-refractivity contribution in [3.8, 4) is 0 Å². The molecule has 0 fully saturated rings. The van der Waals surface area contributed by atoms with Crippen LogP contribution < -0.4 is 10.2 Å². The Morgan fingerprint density at radius 2 is 1.95 bits per heavy atom. The molecule has 3 rings (SSSR count). The number of nitrogens with one attached hydrogen (secondary N) is 1. The van der Waals surface area contributed by atoms with Crippen LogP contribution in [0.25, 0.3) is 0 Å². The fourth-order valence-corrected chi connectivity index (χ4v) is 2.67. The molecule has 0 bridgehead atoms. The molecule has 0 unspecified atom stereocenters. The molecule has 1 heterocycles. The summed E-state index contributed by atoms with van der Waals surface area (Å²) in [7, 11) is 1.80. The van der Waals surface area contributed by atoms with Crippen molar-refractivity contribution in [2.75, 3.05) is 23.8 Å². The predicted octanol–water partition coefficient (Wildman–Crippen LogP) is 3.95. The lowest BCUT2D eigenvalue weighted by Crippen LogP contribution is -2.25. The second kappa shape index (κ2) is 4.92. The van der Waals surface area contributed by atoms with Crippen LogP contribution in [0.1, 0.15) is 12.0 Å². The van der Waals surface area contributed by atoms with E-state index in [0.29, 0.717) is 5.69 Å². The third-order valence-electron chi connectivity index (χ3n) is 3.64. The highest BCUT2D eigenvalue weighted by Crippen LogP contribution is 2.35. The molecule has 0 amide bonds. The van der Waals surface area contributed by atoms with Gasteiger partial charge in [-0.1, -0.05) is 18.2 Å². The maximum Gasteiger partial charge on any atom is 0.148 e. The zero-order chi connectivity index (χ0) is 13.2. The second-order valence-corrected chi connectivity index (χ2v) is 4.80. The topological polar surface area (TPSA) is 15.3 Å². The van der Waals surface area contributed by atoms with Gasteiger partial charge in [-0.2, -0.15) is 0 Å². The third kappa shape index (κ3) is 2.16. The number of rotatable bonds is 2. The Kier molecular flexibility index (Phi) is 3.11. The van der Waals surface area contributed by atoms with E-state index in [-0.39, 0.29) is 5.82 Å². The molecule has 0 spiro atoms. The number of anilines is 3. The molecule has 0 saturated heterocycles. The predicted molar refractivity (Wildman–Crippen MR) is 77.7 cm³/mol. The van der Waals surface area contributed by atoms with E-state index in [1.54, 1.807) is 13.1 Å². The lowest BCUT2D eigenvalue weighted by Gasteiger charge is -2.31. The van der Waals surface area contributed by atoms with E-state index in [9.17, 15) is 4.39 Å². The molecule has 2 aromatic carbocycles. The van der Waals surface area contributed by atoms with Crippen molar-refractivity contribution >= 4 is 17.1 Å². The summed E-state index contributed by atoms with van der Waals surface area (Å²) >= 11 is 0. The Labute approximate surface area is 112 Å². The Morgan fingerprint density at radius 1 is 1.11 bits per heavy atom. The van der Waals surface area contributed by atoms with Gasteiger partial charge in [-0.25, -0.2) is 4.39 Å². The highest BCUT2D eigenvalue weighted by Gasteiger charge is 2.20. The molecular weight excluding hydrogens is 239 g/mol. The Hall–Kier alpha value is -2.03. The van der Waals surface area contributed by atoms with Crippen LogP contribution in [0.4, 0.5) is 21.5 Å². The molecule has 2 nitrogen and oxygen atoms in total. The van der Waals surface area contributed by atoms with Crippen LogP contribution in [0, 0.1) is 5.82 Å². The van der Waals surface area contributed by atoms with Crippen LogP contribution >= 0.6 is 0 Å². The minimum atomic E-state index is -0.177. The molecule has 2 aromatic rings. The van der Waals surface area contributed by atoms with E-state index in [2.05, 4.69) is 22.3 Å². The lowest BCUT2D eigenvalue weighted by atomic mass is 10.0. The van der Waals surface area contributed by atoms with Crippen molar-refractivity contribution in [3.63, 3.8) is 0 Å². The summed E-state index contributed by atoms with van der Waals surface area (Å²) in [5.41, 5.74) is 3.88. The summed E-state index contributed by atoms with van der Waals surface area (Å²) in [4.78, 5) is 2.08. The van der Waals surface area contributed by atoms with Crippen molar-refractivity contribution in [1.29, 1.82) is 0 Å². The van der Waals surface area contributed by atoms with E-state index in [4.69, 9.17) is 0 Å². The standard InChI is InChI=1S/C16H17FN2/c1-18-13-8-9-16(14(17)11-13)19-10-4-6-12-5-2-3-7-15(12)19/h2-3,5,7-9,11,18H,4,6,10H2,1H3. The average molecular weight is 256 g/mol. The number of para-hydroxylation sites is 1. The summed E-state index contributed by atoms with van der Waals surface area (Å²) in [6, 6.07) is 13.6. The Bertz CT molecular complexity index is 595.